The molecule has 2 amide bonds. The summed E-state index contributed by atoms with van der Waals surface area (Å²) in [6, 6.07) is 14.8. The number of nitrogens with zero attached hydrogens (tertiary/aromatic N) is 1. The second-order valence-electron chi connectivity index (χ2n) is 5.67. The summed E-state index contributed by atoms with van der Waals surface area (Å²) < 4.78 is 5.45. The number of para-hydroxylation sites is 1. The zero-order valence-electron chi connectivity index (χ0n) is 14.5. The molecule has 4 nitrogen and oxygen atoms in total. The molecule has 1 fully saturated rings. The summed E-state index contributed by atoms with van der Waals surface area (Å²) >= 11 is 0.963. The quantitative estimate of drug-likeness (QED) is 0.530. The molecule has 0 atom stereocenters. The van der Waals surface area contributed by atoms with Gasteiger partial charge in [0.2, 0.25) is 0 Å². The lowest BCUT2D eigenvalue weighted by molar-refractivity contribution is -0.113. The van der Waals surface area contributed by atoms with Gasteiger partial charge in [-0.1, -0.05) is 49.9 Å². The van der Waals surface area contributed by atoms with Crippen molar-refractivity contribution >= 4 is 34.7 Å². The summed E-state index contributed by atoms with van der Waals surface area (Å²) in [5.74, 6) is 0.444. The molecule has 2 aromatic rings. The van der Waals surface area contributed by atoms with Crippen molar-refractivity contribution in [2.24, 2.45) is 0 Å². The molecule has 1 heterocycles. The highest BCUT2D eigenvalue weighted by atomic mass is 32.2. The Morgan fingerprint density at radius 1 is 1.12 bits per heavy atom. The molecule has 0 aliphatic carbocycles. The van der Waals surface area contributed by atoms with Gasteiger partial charge in [0.25, 0.3) is 11.1 Å². The van der Waals surface area contributed by atoms with Gasteiger partial charge in [0.15, 0.2) is 0 Å². The average Bonchev–Trinajstić information content (AvgIpc) is 2.94. The van der Waals surface area contributed by atoms with E-state index in [0.717, 1.165) is 35.1 Å². The molecule has 0 bridgehead atoms. The highest BCUT2D eigenvalue weighted by molar-refractivity contribution is 8.19. The highest BCUT2D eigenvalue weighted by Gasteiger charge is 2.37. The van der Waals surface area contributed by atoms with Gasteiger partial charge in [0.1, 0.15) is 12.4 Å². The molecule has 132 valence electrons. The van der Waals surface area contributed by atoms with Gasteiger partial charge in [-0.3, -0.25) is 9.59 Å². The standard InChI is InChI=1S/C21H19NO3S/c1-3-13-25-17-11-9-15(10-12-17)14-19-20(23)22(21(24)26-19)18-8-6-5-7-16(18)4-2/h3,5-12,14H,1,4,13H2,2H3/b19-14-. The van der Waals surface area contributed by atoms with Crippen LogP contribution in [0, 0.1) is 0 Å². The van der Waals surface area contributed by atoms with Crippen LogP contribution in [0.5, 0.6) is 5.75 Å². The van der Waals surface area contributed by atoms with E-state index >= 15 is 0 Å². The summed E-state index contributed by atoms with van der Waals surface area (Å²) in [5.41, 5.74) is 2.47. The molecule has 0 saturated carbocycles. The van der Waals surface area contributed by atoms with Gasteiger partial charge in [-0.05, 0) is 53.6 Å². The first-order valence-corrected chi connectivity index (χ1v) is 9.15. The molecule has 3 rings (SSSR count). The summed E-state index contributed by atoms with van der Waals surface area (Å²) in [7, 11) is 0. The normalized spacial score (nSPS) is 15.6. The fraction of sp³-hybridized carbons (Fsp3) is 0.143. The van der Waals surface area contributed by atoms with Crippen molar-refractivity contribution in [2.75, 3.05) is 11.5 Å². The van der Waals surface area contributed by atoms with Crippen molar-refractivity contribution in [3.63, 3.8) is 0 Å². The molecule has 26 heavy (non-hydrogen) atoms. The summed E-state index contributed by atoms with van der Waals surface area (Å²) in [6.07, 6.45) is 4.16. The minimum Gasteiger partial charge on any atom is -0.490 e. The highest BCUT2D eigenvalue weighted by Crippen LogP contribution is 2.37. The van der Waals surface area contributed by atoms with E-state index in [-0.39, 0.29) is 11.1 Å². The van der Waals surface area contributed by atoms with E-state index in [1.54, 1.807) is 12.2 Å². The first-order valence-electron chi connectivity index (χ1n) is 8.33. The van der Waals surface area contributed by atoms with Crippen LogP contribution in [0.15, 0.2) is 66.1 Å². The van der Waals surface area contributed by atoms with Crippen LogP contribution in [0.1, 0.15) is 18.1 Å². The van der Waals surface area contributed by atoms with Gasteiger partial charge in [0.05, 0.1) is 10.6 Å². The van der Waals surface area contributed by atoms with Gasteiger partial charge in [-0.15, -0.1) is 0 Å². The molecule has 0 spiro atoms. The van der Waals surface area contributed by atoms with E-state index in [1.807, 2.05) is 55.5 Å². The number of carbonyl (C=O) groups is 2. The average molecular weight is 365 g/mol. The van der Waals surface area contributed by atoms with Crippen LogP contribution in [-0.4, -0.2) is 17.8 Å². The zero-order valence-corrected chi connectivity index (χ0v) is 15.3. The minimum atomic E-state index is -0.284. The second kappa shape index (κ2) is 8.06. The van der Waals surface area contributed by atoms with Gasteiger partial charge in [0, 0.05) is 0 Å². The number of rotatable bonds is 6. The Morgan fingerprint density at radius 2 is 1.85 bits per heavy atom. The van der Waals surface area contributed by atoms with Crippen molar-refractivity contribution in [2.45, 2.75) is 13.3 Å². The number of hydrogen-bond donors (Lipinski definition) is 0. The summed E-state index contributed by atoms with van der Waals surface area (Å²) in [4.78, 5) is 26.9. The first-order chi connectivity index (χ1) is 12.6. The molecular formula is C21H19NO3S. The van der Waals surface area contributed by atoms with Crippen molar-refractivity contribution < 1.29 is 14.3 Å². The topological polar surface area (TPSA) is 46.6 Å². The van der Waals surface area contributed by atoms with Crippen LogP contribution in [0.25, 0.3) is 6.08 Å². The van der Waals surface area contributed by atoms with Crippen LogP contribution < -0.4 is 9.64 Å². The third-order valence-corrected chi connectivity index (χ3v) is 4.82. The van der Waals surface area contributed by atoms with Crippen molar-refractivity contribution in [1.82, 2.24) is 0 Å². The number of thioether (sulfide) groups is 1. The fourth-order valence-corrected chi connectivity index (χ4v) is 3.50. The third-order valence-electron chi connectivity index (χ3n) is 3.95. The van der Waals surface area contributed by atoms with Gasteiger partial charge >= 0.3 is 0 Å². The van der Waals surface area contributed by atoms with Gasteiger partial charge in [-0.2, -0.15) is 0 Å². The summed E-state index contributed by atoms with van der Waals surface area (Å²) in [5, 5.41) is -0.270. The zero-order chi connectivity index (χ0) is 18.5. The largest absolute Gasteiger partial charge is 0.490 e. The molecule has 0 unspecified atom stereocenters. The number of imide groups is 1. The first kappa shape index (κ1) is 18.0. The Labute approximate surface area is 157 Å². The third kappa shape index (κ3) is 3.73. The SMILES string of the molecule is C=CCOc1ccc(/C=C2\SC(=O)N(c3ccccc3CC)C2=O)cc1. The molecule has 1 aliphatic rings. The number of ether oxygens (including phenoxy) is 1. The molecule has 5 heteroatoms. The van der Waals surface area contributed by atoms with Crippen LogP contribution >= 0.6 is 11.8 Å². The van der Waals surface area contributed by atoms with E-state index in [2.05, 4.69) is 6.58 Å². The van der Waals surface area contributed by atoms with Gasteiger partial charge < -0.3 is 4.74 Å². The fourth-order valence-electron chi connectivity index (χ4n) is 2.67. The maximum atomic E-state index is 12.8. The van der Waals surface area contributed by atoms with E-state index < -0.39 is 0 Å². The lowest BCUT2D eigenvalue weighted by atomic mass is 10.1. The van der Waals surface area contributed by atoms with E-state index in [0.29, 0.717) is 17.2 Å². The molecule has 1 saturated heterocycles. The lowest BCUT2D eigenvalue weighted by Gasteiger charge is -2.16. The number of hydrogen-bond acceptors (Lipinski definition) is 4. The Morgan fingerprint density at radius 3 is 2.54 bits per heavy atom. The second-order valence-corrected chi connectivity index (χ2v) is 6.66. The number of anilines is 1. The Hall–Kier alpha value is -2.79. The Kier molecular flexibility index (Phi) is 5.58. The smallest absolute Gasteiger partial charge is 0.298 e. The van der Waals surface area contributed by atoms with E-state index in [1.165, 1.54) is 4.90 Å². The number of carbonyl (C=O) groups excluding carboxylic acids is 2. The van der Waals surface area contributed by atoms with Crippen molar-refractivity contribution in [1.29, 1.82) is 0 Å². The Bertz CT molecular complexity index is 871. The Balaban J connectivity index is 1.84. The maximum Gasteiger partial charge on any atom is 0.298 e. The molecule has 0 radical (unpaired) electrons. The van der Waals surface area contributed by atoms with Crippen LogP contribution in [0.2, 0.25) is 0 Å². The molecular weight excluding hydrogens is 346 g/mol. The van der Waals surface area contributed by atoms with E-state index in [4.69, 9.17) is 4.74 Å². The van der Waals surface area contributed by atoms with Gasteiger partial charge in [-0.25, -0.2) is 4.90 Å². The predicted molar refractivity (Wildman–Crippen MR) is 106 cm³/mol. The predicted octanol–water partition coefficient (Wildman–Crippen LogP) is 5.05. The monoisotopic (exact) mass is 365 g/mol. The maximum absolute atomic E-state index is 12.8. The number of amides is 2. The number of benzene rings is 2. The molecule has 1 aliphatic heterocycles. The molecule has 0 aromatic heterocycles. The van der Waals surface area contributed by atoms with Crippen molar-refractivity contribution in [3.8, 4) is 5.75 Å². The number of aryl methyl sites for hydroxylation is 1. The van der Waals surface area contributed by atoms with E-state index in [9.17, 15) is 9.59 Å². The summed E-state index contributed by atoms with van der Waals surface area (Å²) in [6.45, 7) is 6.05. The van der Waals surface area contributed by atoms with Crippen molar-refractivity contribution in [3.05, 3.63) is 77.2 Å². The minimum absolute atomic E-state index is 0.270. The van der Waals surface area contributed by atoms with Crippen LogP contribution in [-0.2, 0) is 11.2 Å². The van der Waals surface area contributed by atoms with Crippen LogP contribution in [0.3, 0.4) is 0 Å². The lowest BCUT2D eigenvalue weighted by Crippen LogP contribution is -2.28. The molecule has 0 N–H and O–H groups in total. The molecule has 2 aromatic carbocycles. The van der Waals surface area contributed by atoms with Crippen LogP contribution in [0.4, 0.5) is 10.5 Å².